The lowest BCUT2D eigenvalue weighted by molar-refractivity contribution is 0.389. The first-order chi connectivity index (χ1) is 10.3. The Balaban J connectivity index is 1.59. The van der Waals surface area contributed by atoms with Crippen molar-refractivity contribution in [2.45, 2.75) is 19.8 Å². The van der Waals surface area contributed by atoms with E-state index in [4.69, 9.17) is 0 Å². The molecule has 1 fully saturated rings. The van der Waals surface area contributed by atoms with E-state index in [1.54, 1.807) is 0 Å². The van der Waals surface area contributed by atoms with E-state index in [0.29, 0.717) is 0 Å². The van der Waals surface area contributed by atoms with Crippen LogP contribution in [0.15, 0.2) is 36.4 Å². The minimum absolute atomic E-state index is 0.741. The highest BCUT2D eigenvalue weighted by Crippen LogP contribution is 2.18. The van der Waals surface area contributed by atoms with E-state index in [1.165, 1.54) is 18.4 Å². The Morgan fingerprint density at radius 1 is 1.05 bits per heavy atom. The third-order valence-corrected chi connectivity index (χ3v) is 4.04. The number of piperidine rings is 1. The Morgan fingerprint density at radius 3 is 2.48 bits per heavy atom. The van der Waals surface area contributed by atoms with E-state index in [2.05, 4.69) is 52.0 Å². The number of anilines is 1. The summed E-state index contributed by atoms with van der Waals surface area (Å²) < 4.78 is 0. The van der Waals surface area contributed by atoms with Crippen molar-refractivity contribution < 1.29 is 0 Å². The Hall–Kier alpha value is -1.94. The second kappa shape index (κ2) is 6.68. The highest BCUT2D eigenvalue weighted by atomic mass is 15.2. The van der Waals surface area contributed by atoms with Crippen molar-refractivity contribution in [3.63, 3.8) is 0 Å². The number of hydrogen-bond donors (Lipinski definition) is 2. The van der Waals surface area contributed by atoms with Crippen molar-refractivity contribution in [1.29, 1.82) is 0 Å². The van der Waals surface area contributed by atoms with Gasteiger partial charge in [0.2, 0.25) is 0 Å². The van der Waals surface area contributed by atoms with E-state index in [0.717, 1.165) is 42.6 Å². The summed E-state index contributed by atoms with van der Waals surface area (Å²) in [5.41, 5.74) is 3.28. The molecule has 1 aliphatic heterocycles. The zero-order chi connectivity index (χ0) is 14.5. The van der Waals surface area contributed by atoms with Crippen LogP contribution in [0.25, 0.3) is 11.3 Å². The van der Waals surface area contributed by atoms with Gasteiger partial charge in [-0.25, -0.2) is 0 Å². The van der Waals surface area contributed by atoms with Gasteiger partial charge >= 0.3 is 0 Å². The number of rotatable bonds is 4. The zero-order valence-corrected chi connectivity index (χ0v) is 12.5. The van der Waals surface area contributed by atoms with Crippen molar-refractivity contribution in [2.75, 3.05) is 25.0 Å². The third-order valence-electron chi connectivity index (χ3n) is 4.04. The Kier molecular flexibility index (Phi) is 4.46. The molecule has 4 nitrogen and oxygen atoms in total. The van der Waals surface area contributed by atoms with E-state index in [9.17, 15) is 0 Å². The summed E-state index contributed by atoms with van der Waals surface area (Å²) in [5, 5.41) is 15.4. The zero-order valence-electron chi connectivity index (χ0n) is 12.5. The van der Waals surface area contributed by atoms with Crippen LogP contribution in [-0.2, 0) is 0 Å². The van der Waals surface area contributed by atoms with E-state index in [-0.39, 0.29) is 0 Å². The quantitative estimate of drug-likeness (QED) is 0.905. The lowest BCUT2D eigenvalue weighted by Crippen LogP contribution is -2.31. The largest absolute Gasteiger partial charge is 0.368 e. The minimum atomic E-state index is 0.741. The molecule has 1 aromatic heterocycles. The maximum Gasteiger partial charge on any atom is 0.148 e. The first-order valence-electron chi connectivity index (χ1n) is 7.66. The van der Waals surface area contributed by atoms with E-state index >= 15 is 0 Å². The van der Waals surface area contributed by atoms with Crippen molar-refractivity contribution in [1.82, 2.24) is 15.5 Å². The highest BCUT2D eigenvalue weighted by molar-refractivity contribution is 5.59. The second-order valence-electron chi connectivity index (χ2n) is 5.74. The number of nitrogens with one attached hydrogen (secondary N) is 2. The summed E-state index contributed by atoms with van der Waals surface area (Å²) in [7, 11) is 0. The molecule has 0 spiro atoms. The monoisotopic (exact) mass is 282 g/mol. The van der Waals surface area contributed by atoms with Crippen LogP contribution in [0.4, 0.5) is 5.82 Å². The van der Waals surface area contributed by atoms with Crippen molar-refractivity contribution in [2.24, 2.45) is 5.92 Å². The molecular formula is C17H22N4. The van der Waals surface area contributed by atoms with Crippen LogP contribution in [-0.4, -0.2) is 29.8 Å². The molecule has 21 heavy (non-hydrogen) atoms. The van der Waals surface area contributed by atoms with E-state index in [1.807, 2.05) is 12.1 Å². The molecule has 0 amide bonds. The number of aryl methyl sites for hydroxylation is 1. The standard InChI is InChI=1S/C17H22N4/c1-13-2-4-15(5-3-13)16-6-7-17(21-20-16)19-12-14-8-10-18-11-9-14/h2-7,14,18H,8-12H2,1H3,(H,19,21). The van der Waals surface area contributed by atoms with Gasteiger partial charge < -0.3 is 10.6 Å². The van der Waals surface area contributed by atoms with Crippen LogP contribution in [0.2, 0.25) is 0 Å². The molecule has 3 rings (SSSR count). The summed E-state index contributed by atoms with van der Waals surface area (Å²) in [5.74, 6) is 1.61. The highest BCUT2D eigenvalue weighted by Gasteiger charge is 2.12. The molecule has 0 unspecified atom stereocenters. The van der Waals surface area contributed by atoms with Gasteiger partial charge in [0.05, 0.1) is 5.69 Å². The molecule has 0 saturated carbocycles. The van der Waals surface area contributed by atoms with Crippen LogP contribution in [0.1, 0.15) is 18.4 Å². The molecule has 110 valence electrons. The van der Waals surface area contributed by atoms with Crippen LogP contribution in [0.5, 0.6) is 0 Å². The predicted octanol–water partition coefficient (Wildman–Crippen LogP) is 2.86. The van der Waals surface area contributed by atoms with Crippen LogP contribution in [0.3, 0.4) is 0 Å². The van der Waals surface area contributed by atoms with Gasteiger partial charge in [0.15, 0.2) is 0 Å². The predicted molar refractivity (Wildman–Crippen MR) is 86.3 cm³/mol. The molecule has 4 heteroatoms. The Labute approximate surface area is 126 Å². The SMILES string of the molecule is Cc1ccc(-c2ccc(NCC3CCNCC3)nn2)cc1. The molecule has 0 atom stereocenters. The summed E-state index contributed by atoms with van der Waals surface area (Å²) in [4.78, 5) is 0. The molecule has 1 saturated heterocycles. The number of benzene rings is 1. The second-order valence-corrected chi connectivity index (χ2v) is 5.74. The normalized spacial score (nSPS) is 15.9. The summed E-state index contributed by atoms with van der Waals surface area (Å²) >= 11 is 0. The molecule has 1 aromatic carbocycles. The van der Waals surface area contributed by atoms with Crippen molar-refractivity contribution in [3.8, 4) is 11.3 Å². The third kappa shape index (κ3) is 3.79. The fourth-order valence-electron chi connectivity index (χ4n) is 2.64. The smallest absolute Gasteiger partial charge is 0.148 e. The summed E-state index contributed by atoms with van der Waals surface area (Å²) in [6, 6.07) is 12.4. The Bertz CT molecular complexity index is 556. The topological polar surface area (TPSA) is 49.8 Å². The van der Waals surface area contributed by atoms with Gasteiger partial charge in [-0.15, -0.1) is 10.2 Å². The molecular weight excluding hydrogens is 260 g/mol. The van der Waals surface area contributed by atoms with Gasteiger partial charge in [-0.3, -0.25) is 0 Å². The summed E-state index contributed by atoms with van der Waals surface area (Å²) in [6.45, 7) is 5.33. The maximum atomic E-state index is 4.32. The van der Waals surface area contributed by atoms with Crippen LogP contribution >= 0.6 is 0 Å². The number of nitrogens with zero attached hydrogens (tertiary/aromatic N) is 2. The minimum Gasteiger partial charge on any atom is -0.368 e. The van der Waals surface area contributed by atoms with Gasteiger partial charge in [0.1, 0.15) is 5.82 Å². The molecule has 0 aliphatic carbocycles. The van der Waals surface area contributed by atoms with Gasteiger partial charge in [-0.1, -0.05) is 29.8 Å². The lowest BCUT2D eigenvalue weighted by atomic mass is 9.98. The Morgan fingerprint density at radius 2 is 1.81 bits per heavy atom. The van der Waals surface area contributed by atoms with Gasteiger partial charge in [-0.05, 0) is 50.9 Å². The molecule has 0 radical (unpaired) electrons. The van der Waals surface area contributed by atoms with Crippen LogP contribution in [0, 0.1) is 12.8 Å². The number of hydrogen-bond acceptors (Lipinski definition) is 4. The lowest BCUT2D eigenvalue weighted by Gasteiger charge is -2.22. The molecule has 0 bridgehead atoms. The average molecular weight is 282 g/mol. The van der Waals surface area contributed by atoms with Gasteiger partial charge in [0, 0.05) is 12.1 Å². The molecule has 2 aromatic rings. The van der Waals surface area contributed by atoms with Crippen LogP contribution < -0.4 is 10.6 Å². The van der Waals surface area contributed by atoms with Gasteiger partial charge in [0.25, 0.3) is 0 Å². The molecule has 2 heterocycles. The molecule has 1 aliphatic rings. The first-order valence-corrected chi connectivity index (χ1v) is 7.66. The van der Waals surface area contributed by atoms with Crippen molar-refractivity contribution >= 4 is 5.82 Å². The first kappa shape index (κ1) is 14.0. The molecule has 2 N–H and O–H groups in total. The average Bonchev–Trinajstić information content (AvgIpc) is 2.55. The maximum absolute atomic E-state index is 4.32. The fourth-order valence-corrected chi connectivity index (χ4v) is 2.64. The summed E-state index contributed by atoms with van der Waals surface area (Å²) in [6.07, 6.45) is 2.48. The fraction of sp³-hybridized carbons (Fsp3) is 0.412. The van der Waals surface area contributed by atoms with Crippen molar-refractivity contribution in [3.05, 3.63) is 42.0 Å². The number of aromatic nitrogens is 2. The van der Waals surface area contributed by atoms with E-state index < -0.39 is 0 Å². The van der Waals surface area contributed by atoms with Gasteiger partial charge in [-0.2, -0.15) is 0 Å².